The average Bonchev–Trinajstić information content (AvgIpc) is 3.22. The Morgan fingerprint density at radius 2 is 2.33 bits per heavy atom. The van der Waals surface area contributed by atoms with Gasteiger partial charge >= 0.3 is 0 Å². The van der Waals surface area contributed by atoms with Crippen LogP contribution >= 0.6 is 23.1 Å². The molecule has 0 aromatic carbocycles. The zero-order valence-electron chi connectivity index (χ0n) is 14.0. The van der Waals surface area contributed by atoms with Crippen LogP contribution in [0, 0.1) is 5.92 Å². The molecule has 0 aliphatic heterocycles. The summed E-state index contributed by atoms with van der Waals surface area (Å²) in [6.07, 6.45) is 4.76. The van der Waals surface area contributed by atoms with Crippen molar-refractivity contribution in [3.05, 3.63) is 22.4 Å². The van der Waals surface area contributed by atoms with Gasteiger partial charge < -0.3 is 5.32 Å². The van der Waals surface area contributed by atoms with Crippen LogP contribution < -0.4 is 5.32 Å². The minimum Gasteiger partial charge on any atom is -0.352 e. The fourth-order valence-corrected chi connectivity index (χ4v) is 4.46. The van der Waals surface area contributed by atoms with Crippen LogP contribution in [0.15, 0.2) is 22.7 Å². The number of hydrogen-bond acceptors (Lipinski definition) is 6. The minimum atomic E-state index is -0.216. The molecule has 2 heterocycles. The normalized spacial score (nSPS) is 22.2. The number of carbonyl (C=O) groups is 1. The Hall–Kier alpha value is -1.41. The van der Waals surface area contributed by atoms with Gasteiger partial charge in [-0.05, 0) is 47.6 Å². The van der Waals surface area contributed by atoms with Crippen LogP contribution in [-0.2, 0) is 11.3 Å². The van der Waals surface area contributed by atoms with Crippen molar-refractivity contribution < 1.29 is 4.79 Å². The van der Waals surface area contributed by atoms with E-state index in [9.17, 15) is 4.79 Å². The number of nitrogens with one attached hydrogen (secondary N) is 1. The van der Waals surface area contributed by atoms with Gasteiger partial charge in [0.1, 0.15) is 0 Å². The van der Waals surface area contributed by atoms with Gasteiger partial charge in [0.25, 0.3) is 0 Å². The van der Waals surface area contributed by atoms with E-state index in [-0.39, 0.29) is 11.2 Å². The van der Waals surface area contributed by atoms with Crippen LogP contribution in [0.5, 0.6) is 0 Å². The number of amides is 1. The first-order chi connectivity index (χ1) is 11.6. The van der Waals surface area contributed by atoms with Crippen molar-refractivity contribution in [1.29, 1.82) is 0 Å². The van der Waals surface area contributed by atoms with Gasteiger partial charge in [-0.2, -0.15) is 0 Å². The van der Waals surface area contributed by atoms with Gasteiger partial charge in [-0.1, -0.05) is 37.6 Å². The van der Waals surface area contributed by atoms with Crippen LogP contribution in [0.2, 0.25) is 0 Å². The summed E-state index contributed by atoms with van der Waals surface area (Å²) in [5, 5.41) is 17.6. The third kappa shape index (κ3) is 4.36. The molecule has 2 aromatic heterocycles. The molecule has 3 atom stereocenters. The molecule has 1 aliphatic carbocycles. The number of nitrogens with zero attached hydrogens (tertiary/aromatic N) is 4. The lowest BCUT2D eigenvalue weighted by Gasteiger charge is -2.30. The first kappa shape index (κ1) is 17.4. The zero-order valence-corrected chi connectivity index (χ0v) is 15.6. The van der Waals surface area contributed by atoms with Gasteiger partial charge in [0.05, 0.1) is 11.8 Å². The summed E-state index contributed by atoms with van der Waals surface area (Å²) in [5.41, 5.74) is 0. The van der Waals surface area contributed by atoms with Crippen LogP contribution in [0.25, 0.3) is 0 Å². The molecule has 24 heavy (non-hydrogen) atoms. The molecular weight excluding hydrogens is 342 g/mol. The Bertz CT molecular complexity index is 657. The van der Waals surface area contributed by atoms with Crippen LogP contribution in [0.3, 0.4) is 0 Å². The van der Waals surface area contributed by atoms with E-state index in [4.69, 9.17) is 0 Å². The van der Waals surface area contributed by atoms with Crippen molar-refractivity contribution >= 4 is 29.0 Å². The Labute approximate surface area is 150 Å². The smallest absolute Gasteiger partial charge is 0.233 e. The molecule has 1 N–H and O–H groups in total. The number of hydrogen-bond donors (Lipinski definition) is 1. The van der Waals surface area contributed by atoms with E-state index in [0.29, 0.717) is 23.7 Å². The van der Waals surface area contributed by atoms with Crippen molar-refractivity contribution in [2.75, 3.05) is 0 Å². The third-order valence-electron chi connectivity index (χ3n) is 4.48. The lowest BCUT2D eigenvalue weighted by atomic mass is 9.86. The molecule has 0 spiro atoms. The highest BCUT2D eigenvalue weighted by Gasteiger charge is 2.26. The summed E-state index contributed by atoms with van der Waals surface area (Å²) < 4.78 is 1.75. The van der Waals surface area contributed by atoms with E-state index >= 15 is 0 Å². The maximum Gasteiger partial charge on any atom is 0.233 e. The fourth-order valence-electron chi connectivity index (χ4n) is 2.97. The summed E-state index contributed by atoms with van der Waals surface area (Å²) in [5.74, 6) is 0.633. The SMILES string of the molecule is CC(Sc1nnnn1Cc1cccs1)C(=O)NC1CCCCC1C. The predicted molar refractivity (Wildman–Crippen MR) is 96.1 cm³/mol. The molecule has 1 fully saturated rings. The average molecular weight is 366 g/mol. The molecule has 3 unspecified atom stereocenters. The monoisotopic (exact) mass is 365 g/mol. The quantitative estimate of drug-likeness (QED) is 0.797. The first-order valence-electron chi connectivity index (χ1n) is 8.39. The van der Waals surface area contributed by atoms with Gasteiger partial charge in [-0.3, -0.25) is 4.79 Å². The highest BCUT2D eigenvalue weighted by Crippen LogP contribution is 2.26. The Kier molecular flexibility index (Phi) is 5.89. The van der Waals surface area contributed by atoms with E-state index in [0.717, 1.165) is 6.42 Å². The molecule has 0 bridgehead atoms. The van der Waals surface area contributed by atoms with E-state index in [1.54, 1.807) is 16.0 Å². The van der Waals surface area contributed by atoms with Gasteiger partial charge in [0.2, 0.25) is 11.1 Å². The molecule has 8 heteroatoms. The molecule has 1 aliphatic rings. The van der Waals surface area contributed by atoms with Crippen LogP contribution in [-0.4, -0.2) is 37.4 Å². The van der Waals surface area contributed by atoms with Crippen molar-refractivity contribution in [2.45, 2.75) is 62.5 Å². The highest BCUT2D eigenvalue weighted by atomic mass is 32.2. The predicted octanol–water partition coefficient (Wildman–Crippen LogP) is 2.96. The summed E-state index contributed by atoms with van der Waals surface area (Å²) in [6.45, 7) is 4.78. The second-order valence-corrected chi connectivity index (χ2v) is 8.68. The minimum absolute atomic E-state index is 0.0735. The van der Waals surface area contributed by atoms with Gasteiger partial charge in [0, 0.05) is 10.9 Å². The summed E-state index contributed by atoms with van der Waals surface area (Å²) in [4.78, 5) is 13.7. The second-order valence-electron chi connectivity index (χ2n) is 6.34. The van der Waals surface area contributed by atoms with E-state index < -0.39 is 0 Å². The maximum atomic E-state index is 12.5. The number of carbonyl (C=O) groups excluding carboxylic acids is 1. The number of thiophene rings is 1. The highest BCUT2D eigenvalue weighted by molar-refractivity contribution is 8.00. The van der Waals surface area contributed by atoms with Gasteiger partial charge in [-0.25, -0.2) is 4.68 Å². The molecule has 6 nitrogen and oxygen atoms in total. The molecule has 2 aromatic rings. The molecule has 130 valence electrons. The fraction of sp³-hybridized carbons (Fsp3) is 0.625. The van der Waals surface area contributed by atoms with Crippen molar-refractivity contribution in [3.63, 3.8) is 0 Å². The lowest BCUT2D eigenvalue weighted by molar-refractivity contribution is -0.121. The van der Waals surface area contributed by atoms with Crippen molar-refractivity contribution in [1.82, 2.24) is 25.5 Å². The number of rotatable bonds is 6. The summed E-state index contributed by atoms with van der Waals surface area (Å²) in [6, 6.07) is 4.37. The number of thioether (sulfide) groups is 1. The third-order valence-corrected chi connectivity index (χ3v) is 6.41. The second kappa shape index (κ2) is 8.11. The van der Waals surface area contributed by atoms with Gasteiger partial charge in [0.15, 0.2) is 0 Å². The molecule has 3 rings (SSSR count). The Morgan fingerprint density at radius 1 is 1.50 bits per heavy atom. The molecule has 1 saturated carbocycles. The Balaban J connectivity index is 1.57. The summed E-state index contributed by atoms with van der Waals surface area (Å²) in [7, 11) is 0. The topological polar surface area (TPSA) is 72.7 Å². The van der Waals surface area contributed by atoms with E-state index in [1.165, 1.54) is 35.9 Å². The zero-order chi connectivity index (χ0) is 16.9. The van der Waals surface area contributed by atoms with E-state index in [2.05, 4.69) is 33.8 Å². The Morgan fingerprint density at radius 3 is 3.08 bits per heavy atom. The largest absolute Gasteiger partial charge is 0.352 e. The first-order valence-corrected chi connectivity index (χ1v) is 10.1. The number of aromatic nitrogens is 4. The molecular formula is C16H23N5OS2. The standard InChI is InChI=1S/C16H23N5OS2/c1-11-6-3-4-8-14(11)17-15(22)12(2)24-16-18-19-20-21(16)10-13-7-5-9-23-13/h5,7,9,11-12,14H,3-4,6,8,10H2,1-2H3,(H,17,22). The van der Waals surface area contributed by atoms with Gasteiger partial charge in [-0.15, -0.1) is 16.4 Å². The van der Waals surface area contributed by atoms with Crippen LogP contribution in [0.1, 0.15) is 44.4 Å². The van der Waals surface area contributed by atoms with E-state index in [1.807, 2.05) is 18.4 Å². The summed E-state index contributed by atoms with van der Waals surface area (Å²) >= 11 is 3.09. The lowest BCUT2D eigenvalue weighted by Crippen LogP contribution is -2.44. The maximum absolute atomic E-state index is 12.5. The van der Waals surface area contributed by atoms with Crippen LogP contribution in [0.4, 0.5) is 0 Å². The number of tetrazole rings is 1. The van der Waals surface area contributed by atoms with Crippen molar-refractivity contribution in [3.8, 4) is 0 Å². The molecule has 0 saturated heterocycles. The van der Waals surface area contributed by atoms with Crippen molar-refractivity contribution in [2.24, 2.45) is 5.92 Å². The molecule has 0 radical (unpaired) electrons. The molecule has 1 amide bonds.